The SMILES string of the molecule is COc1cc2nc(NC(CC(C)C)C(=O)O)nc(N)c2cc1OC. The Labute approximate surface area is 140 Å². The lowest BCUT2D eigenvalue weighted by molar-refractivity contribution is -0.138. The van der Waals surface area contributed by atoms with Crippen molar-refractivity contribution >= 4 is 28.6 Å². The van der Waals surface area contributed by atoms with Gasteiger partial charge in [-0.15, -0.1) is 0 Å². The molecule has 1 atom stereocenters. The number of hydrogen-bond donors (Lipinski definition) is 3. The van der Waals surface area contributed by atoms with Crippen molar-refractivity contribution in [3.63, 3.8) is 0 Å². The zero-order chi connectivity index (χ0) is 17.9. The first kappa shape index (κ1) is 17.6. The van der Waals surface area contributed by atoms with Crippen molar-refractivity contribution in [2.45, 2.75) is 26.3 Å². The van der Waals surface area contributed by atoms with Gasteiger partial charge < -0.3 is 25.6 Å². The monoisotopic (exact) mass is 334 g/mol. The number of hydrogen-bond acceptors (Lipinski definition) is 7. The summed E-state index contributed by atoms with van der Waals surface area (Å²) < 4.78 is 10.5. The number of carboxylic acids is 1. The van der Waals surface area contributed by atoms with E-state index in [1.807, 2.05) is 13.8 Å². The molecule has 4 N–H and O–H groups in total. The Morgan fingerprint density at radius 1 is 1.25 bits per heavy atom. The third kappa shape index (κ3) is 3.76. The van der Waals surface area contributed by atoms with E-state index < -0.39 is 12.0 Å². The minimum atomic E-state index is -0.960. The number of fused-ring (bicyclic) bond motifs is 1. The van der Waals surface area contributed by atoms with Crippen molar-refractivity contribution in [3.8, 4) is 11.5 Å². The predicted molar refractivity (Wildman–Crippen MR) is 91.6 cm³/mol. The summed E-state index contributed by atoms with van der Waals surface area (Å²) in [5.74, 6) is 0.673. The molecule has 0 saturated heterocycles. The number of nitrogen functional groups attached to an aromatic ring is 1. The first-order valence-electron chi connectivity index (χ1n) is 7.54. The zero-order valence-electron chi connectivity index (χ0n) is 14.2. The lowest BCUT2D eigenvalue weighted by Gasteiger charge is -2.17. The van der Waals surface area contributed by atoms with Crippen LogP contribution in [-0.4, -0.2) is 41.3 Å². The van der Waals surface area contributed by atoms with Crippen molar-refractivity contribution in [1.82, 2.24) is 9.97 Å². The van der Waals surface area contributed by atoms with Gasteiger partial charge in [0.05, 0.1) is 19.7 Å². The average Bonchev–Trinajstić information content (AvgIpc) is 2.52. The number of benzene rings is 1. The summed E-state index contributed by atoms with van der Waals surface area (Å²) >= 11 is 0. The van der Waals surface area contributed by atoms with Gasteiger partial charge in [0.15, 0.2) is 11.5 Å². The smallest absolute Gasteiger partial charge is 0.326 e. The number of methoxy groups -OCH3 is 2. The number of nitrogens with two attached hydrogens (primary N) is 1. The summed E-state index contributed by atoms with van der Waals surface area (Å²) in [5, 5.41) is 12.8. The minimum absolute atomic E-state index is 0.167. The van der Waals surface area contributed by atoms with Crippen molar-refractivity contribution in [1.29, 1.82) is 0 Å². The molecule has 0 aliphatic rings. The summed E-state index contributed by atoms with van der Waals surface area (Å²) in [7, 11) is 3.05. The Morgan fingerprint density at radius 3 is 2.42 bits per heavy atom. The second-order valence-corrected chi connectivity index (χ2v) is 5.82. The van der Waals surface area contributed by atoms with Crippen LogP contribution < -0.4 is 20.5 Å². The number of ether oxygens (including phenoxy) is 2. The lowest BCUT2D eigenvalue weighted by Crippen LogP contribution is -2.31. The molecule has 0 radical (unpaired) electrons. The average molecular weight is 334 g/mol. The molecule has 24 heavy (non-hydrogen) atoms. The van der Waals surface area contributed by atoms with Crippen LogP contribution in [0.25, 0.3) is 10.9 Å². The molecule has 2 aromatic rings. The van der Waals surface area contributed by atoms with Crippen LogP contribution in [0, 0.1) is 5.92 Å². The Kier molecular flexibility index (Phi) is 5.28. The van der Waals surface area contributed by atoms with Crippen LogP contribution in [0.4, 0.5) is 11.8 Å². The Morgan fingerprint density at radius 2 is 1.88 bits per heavy atom. The quantitative estimate of drug-likeness (QED) is 0.704. The van der Waals surface area contributed by atoms with Crippen molar-refractivity contribution in [2.24, 2.45) is 5.92 Å². The molecule has 1 unspecified atom stereocenters. The van der Waals surface area contributed by atoms with E-state index in [-0.39, 0.29) is 17.7 Å². The molecule has 1 aromatic heterocycles. The van der Waals surface area contributed by atoms with Gasteiger partial charge in [0.2, 0.25) is 5.95 Å². The van der Waals surface area contributed by atoms with Gasteiger partial charge in [-0.05, 0) is 18.4 Å². The molecule has 8 nitrogen and oxygen atoms in total. The van der Waals surface area contributed by atoms with Gasteiger partial charge in [0.1, 0.15) is 11.9 Å². The highest BCUT2D eigenvalue weighted by Gasteiger charge is 2.20. The molecule has 0 fully saturated rings. The molecule has 0 spiro atoms. The molecule has 0 amide bonds. The van der Waals surface area contributed by atoms with Crippen LogP contribution in [0.2, 0.25) is 0 Å². The number of aromatic nitrogens is 2. The molecule has 0 aliphatic heterocycles. The molecule has 0 bridgehead atoms. The van der Waals surface area contributed by atoms with E-state index in [2.05, 4.69) is 15.3 Å². The number of carbonyl (C=O) groups is 1. The van der Waals surface area contributed by atoms with Crippen molar-refractivity contribution in [2.75, 3.05) is 25.3 Å². The van der Waals surface area contributed by atoms with E-state index >= 15 is 0 Å². The molecule has 1 aromatic carbocycles. The summed E-state index contributed by atoms with van der Waals surface area (Å²) in [4.78, 5) is 19.9. The van der Waals surface area contributed by atoms with E-state index in [4.69, 9.17) is 15.2 Å². The normalized spacial score (nSPS) is 12.2. The lowest BCUT2D eigenvalue weighted by atomic mass is 10.0. The number of nitrogens with one attached hydrogen (secondary N) is 1. The van der Waals surface area contributed by atoms with Crippen LogP contribution >= 0.6 is 0 Å². The fraction of sp³-hybridized carbons (Fsp3) is 0.438. The highest BCUT2D eigenvalue weighted by molar-refractivity contribution is 5.92. The van der Waals surface area contributed by atoms with Gasteiger partial charge in [0.25, 0.3) is 0 Å². The predicted octanol–water partition coefficient (Wildman–Crippen LogP) is 2.14. The van der Waals surface area contributed by atoms with Gasteiger partial charge >= 0.3 is 5.97 Å². The van der Waals surface area contributed by atoms with Crippen LogP contribution in [0.5, 0.6) is 11.5 Å². The van der Waals surface area contributed by atoms with Crippen LogP contribution in [0.3, 0.4) is 0 Å². The van der Waals surface area contributed by atoms with Crippen molar-refractivity contribution in [3.05, 3.63) is 12.1 Å². The van der Waals surface area contributed by atoms with E-state index in [1.165, 1.54) is 14.2 Å². The number of nitrogens with zero attached hydrogens (tertiary/aromatic N) is 2. The van der Waals surface area contributed by atoms with Gasteiger partial charge in [-0.25, -0.2) is 9.78 Å². The molecular weight excluding hydrogens is 312 g/mol. The number of carboxylic acid groups (broad SMARTS) is 1. The second-order valence-electron chi connectivity index (χ2n) is 5.82. The summed E-state index contributed by atoms with van der Waals surface area (Å²) in [6.07, 6.45) is 0.447. The Hall–Kier alpha value is -2.77. The molecular formula is C16H22N4O4. The van der Waals surface area contributed by atoms with Crippen molar-refractivity contribution < 1.29 is 19.4 Å². The molecule has 130 valence electrons. The molecule has 2 rings (SSSR count). The van der Waals surface area contributed by atoms with E-state index in [9.17, 15) is 9.90 Å². The van der Waals surface area contributed by atoms with Gasteiger partial charge in [-0.1, -0.05) is 13.8 Å². The highest BCUT2D eigenvalue weighted by Crippen LogP contribution is 2.33. The van der Waals surface area contributed by atoms with Gasteiger partial charge in [-0.2, -0.15) is 4.98 Å². The molecule has 1 heterocycles. The summed E-state index contributed by atoms with van der Waals surface area (Å²) in [6, 6.07) is 2.58. The Bertz CT molecular complexity index is 748. The second kappa shape index (κ2) is 7.20. The van der Waals surface area contributed by atoms with Crippen LogP contribution in [-0.2, 0) is 4.79 Å². The molecule has 0 saturated carbocycles. The maximum Gasteiger partial charge on any atom is 0.326 e. The largest absolute Gasteiger partial charge is 0.493 e. The first-order chi connectivity index (χ1) is 11.3. The zero-order valence-corrected chi connectivity index (χ0v) is 14.2. The standard InChI is InChI=1S/C16H22N4O4/c1-8(2)5-11(15(21)22)19-16-18-10-7-13(24-4)12(23-3)6-9(10)14(17)20-16/h6-8,11H,5H2,1-4H3,(H,21,22)(H3,17,18,19,20). The van der Waals surface area contributed by atoms with Crippen LogP contribution in [0.1, 0.15) is 20.3 Å². The van der Waals surface area contributed by atoms with E-state index in [0.29, 0.717) is 28.8 Å². The molecule has 0 aliphatic carbocycles. The fourth-order valence-corrected chi connectivity index (χ4v) is 2.39. The highest BCUT2D eigenvalue weighted by atomic mass is 16.5. The van der Waals surface area contributed by atoms with E-state index in [1.54, 1.807) is 12.1 Å². The molecule has 8 heteroatoms. The fourth-order valence-electron chi connectivity index (χ4n) is 2.39. The minimum Gasteiger partial charge on any atom is -0.493 e. The number of rotatable bonds is 7. The van der Waals surface area contributed by atoms with Gasteiger partial charge in [-0.3, -0.25) is 0 Å². The third-order valence-electron chi connectivity index (χ3n) is 3.54. The van der Waals surface area contributed by atoms with Gasteiger partial charge in [0, 0.05) is 11.5 Å². The van der Waals surface area contributed by atoms with Crippen LogP contribution in [0.15, 0.2) is 12.1 Å². The first-order valence-corrected chi connectivity index (χ1v) is 7.54. The van der Waals surface area contributed by atoms with E-state index in [0.717, 1.165) is 0 Å². The Balaban J connectivity index is 2.43. The summed E-state index contributed by atoms with van der Waals surface area (Å²) in [6.45, 7) is 3.90. The maximum atomic E-state index is 11.4. The summed E-state index contributed by atoms with van der Waals surface area (Å²) in [5.41, 5.74) is 6.53. The number of aliphatic carboxylic acids is 1. The third-order valence-corrected chi connectivity index (χ3v) is 3.54. The maximum absolute atomic E-state index is 11.4. The topological polar surface area (TPSA) is 120 Å². The number of anilines is 2.